The van der Waals surface area contributed by atoms with Crippen molar-refractivity contribution in [3.8, 4) is 0 Å². The van der Waals surface area contributed by atoms with Crippen LogP contribution in [-0.4, -0.2) is 46.7 Å². The van der Waals surface area contributed by atoms with Crippen LogP contribution in [0.15, 0.2) is 84.5 Å². The molecule has 1 saturated carbocycles. The van der Waals surface area contributed by atoms with Gasteiger partial charge in [-0.2, -0.15) is 4.58 Å². The monoisotopic (exact) mass is 547 g/mol. The number of ether oxygens (including phenoxy) is 1. The van der Waals surface area contributed by atoms with Gasteiger partial charge in [-0.25, -0.2) is 0 Å². The van der Waals surface area contributed by atoms with Gasteiger partial charge in [-0.15, -0.1) is 0 Å². The molecular weight excluding hydrogens is 508 g/mol. The van der Waals surface area contributed by atoms with E-state index in [0.717, 1.165) is 59.2 Å². The number of unbranched alkanes of at least 4 members (excludes halogenated alkanes) is 1. The van der Waals surface area contributed by atoms with E-state index < -0.39 is 5.92 Å². The lowest BCUT2D eigenvalue weighted by atomic mass is 9.69. The molecule has 6 rings (SSSR count). The van der Waals surface area contributed by atoms with Gasteiger partial charge in [-0.05, 0) is 44.2 Å². The molecule has 3 aliphatic rings. The van der Waals surface area contributed by atoms with E-state index in [9.17, 15) is 9.59 Å². The molecular formula is C36H39N2O3+. The van der Waals surface area contributed by atoms with Crippen molar-refractivity contribution >= 4 is 33.9 Å². The molecule has 1 unspecified atom stereocenters. The molecule has 5 nitrogen and oxygen atoms in total. The Labute approximate surface area is 242 Å². The normalized spacial score (nSPS) is 21.9. The fourth-order valence-electron chi connectivity index (χ4n) is 7.12. The molecule has 1 atom stereocenters. The smallest absolute Gasteiger partial charge is 0.209 e. The summed E-state index contributed by atoms with van der Waals surface area (Å²) in [5.74, 6) is -0.358. The number of carbonyl (C=O) groups excluding carboxylic acids is 2. The largest absolute Gasteiger partial charge is 0.378 e. The first-order valence-electron chi connectivity index (χ1n) is 14.8. The lowest BCUT2D eigenvalue weighted by molar-refractivity contribution is -0.441. The van der Waals surface area contributed by atoms with E-state index in [4.69, 9.17) is 4.74 Å². The number of nitrogens with zero attached hydrogens (tertiary/aromatic N) is 2. The van der Waals surface area contributed by atoms with Gasteiger partial charge >= 0.3 is 0 Å². The van der Waals surface area contributed by atoms with E-state index in [1.165, 1.54) is 5.56 Å². The number of aromatic nitrogens is 1. The molecule has 3 aromatic rings. The highest BCUT2D eigenvalue weighted by Crippen LogP contribution is 2.46. The first kappa shape index (κ1) is 27.3. The van der Waals surface area contributed by atoms with Crippen LogP contribution < -0.4 is 0 Å². The number of benzene rings is 2. The molecule has 0 N–H and O–H groups in total. The van der Waals surface area contributed by atoms with Crippen LogP contribution >= 0.6 is 0 Å². The van der Waals surface area contributed by atoms with Gasteiger partial charge in [0.15, 0.2) is 23.8 Å². The Morgan fingerprint density at radius 1 is 1.00 bits per heavy atom. The van der Waals surface area contributed by atoms with E-state index in [2.05, 4.69) is 64.6 Å². The number of methoxy groups -OCH3 is 1. The quantitative estimate of drug-likeness (QED) is 0.0938. The molecule has 0 bridgehead atoms. The number of hydrogen-bond acceptors (Lipinski definition) is 3. The summed E-state index contributed by atoms with van der Waals surface area (Å²) in [6.45, 7) is 5.49. The molecule has 210 valence electrons. The third-order valence-corrected chi connectivity index (χ3v) is 9.53. The second-order valence-electron chi connectivity index (χ2n) is 11.9. The topological polar surface area (TPSA) is 51.3 Å². The lowest BCUT2D eigenvalue weighted by Gasteiger charge is -2.28. The second-order valence-corrected chi connectivity index (χ2v) is 11.9. The Hall–Kier alpha value is -3.83. The van der Waals surface area contributed by atoms with Crippen molar-refractivity contribution in [1.29, 1.82) is 0 Å². The van der Waals surface area contributed by atoms with Gasteiger partial charge in [0.05, 0.1) is 11.0 Å². The molecule has 1 fully saturated rings. The molecule has 5 heteroatoms. The minimum atomic E-state index is -0.733. The number of aryl methyl sites for hydroxylation is 1. The first-order valence-corrected chi connectivity index (χ1v) is 14.8. The average molecular weight is 548 g/mol. The number of para-hydroxylation sites is 2. The van der Waals surface area contributed by atoms with Crippen molar-refractivity contribution in [2.75, 3.05) is 20.3 Å². The summed E-state index contributed by atoms with van der Waals surface area (Å²) in [5.41, 5.74) is 6.30. The zero-order chi connectivity index (χ0) is 28.7. The average Bonchev–Trinajstić information content (AvgIpc) is 3.66. The maximum Gasteiger partial charge on any atom is 0.209 e. The number of carbonyl (C=O) groups is 2. The predicted octanol–water partition coefficient (Wildman–Crippen LogP) is 6.65. The highest BCUT2D eigenvalue weighted by molar-refractivity contribution is 6.44. The van der Waals surface area contributed by atoms with Gasteiger partial charge in [0.1, 0.15) is 12.5 Å². The molecule has 0 amide bonds. The Kier molecular flexibility index (Phi) is 7.25. The number of allylic oxidation sites excluding steroid dienone is 6. The van der Waals surface area contributed by atoms with Gasteiger partial charge in [-0.1, -0.05) is 73.5 Å². The van der Waals surface area contributed by atoms with Crippen LogP contribution in [0.4, 0.5) is 5.69 Å². The van der Waals surface area contributed by atoms with E-state index in [-0.39, 0.29) is 17.0 Å². The molecule has 2 heterocycles. The zero-order valence-corrected chi connectivity index (χ0v) is 24.5. The Balaban J connectivity index is 1.35. The Morgan fingerprint density at radius 3 is 2.46 bits per heavy atom. The fourth-order valence-corrected chi connectivity index (χ4v) is 7.12. The minimum absolute atomic E-state index is 0.0771. The molecule has 0 radical (unpaired) electrons. The third-order valence-electron chi connectivity index (χ3n) is 9.53. The maximum atomic E-state index is 13.8. The highest BCUT2D eigenvalue weighted by Gasteiger charge is 2.52. The van der Waals surface area contributed by atoms with Crippen LogP contribution in [0.2, 0.25) is 0 Å². The zero-order valence-electron chi connectivity index (χ0n) is 24.5. The van der Waals surface area contributed by atoms with Crippen LogP contribution in [-0.2, 0) is 26.8 Å². The van der Waals surface area contributed by atoms with Crippen molar-refractivity contribution in [2.45, 2.75) is 50.9 Å². The van der Waals surface area contributed by atoms with E-state index in [1.54, 1.807) is 7.11 Å². The van der Waals surface area contributed by atoms with E-state index in [1.807, 2.05) is 44.3 Å². The van der Waals surface area contributed by atoms with Gasteiger partial charge in [0.2, 0.25) is 5.69 Å². The number of rotatable bonds is 10. The minimum Gasteiger partial charge on any atom is -0.378 e. The summed E-state index contributed by atoms with van der Waals surface area (Å²) >= 11 is 0. The SMILES string of the molecule is COCC[N+]1=C(C=C2C(=O)C(c3c(C)n(C)c4ccccc34)C2=O)C(C)(CCCCC2C=CC=C2)c2ccccc21. The van der Waals surface area contributed by atoms with Crippen LogP contribution in [0.1, 0.15) is 55.3 Å². The van der Waals surface area contributed by atoms with Crippen LogP contribution in [0.25, 0.3) is 10.9 Å². The Morgan fingerprint density at radius 2 is 1.71 bits per heavy atom. The maximum absolute atomic E-state index is 13.8. The summed E-state index contributed by atoms with van der Waals surface area (Å²) in [6, 6.07) is 16.5. The summed E-state index contributed by atoms with van der Waals surface area (Å²) in [7, 11) is 3.71. The summed E-state index contributed by atoms with van der Waals surface area (Å²) < 4.78 is 9.83. The van der Waals surface area contributed by atoms with Crippen LogP contribution in [0.3, 0.4) is 0 Å². The van der Waals surface area contributed by atoms with Gasteiger partial charge in [0.25, 0.3) is 0 Å². The summed E-state index contributed by atoms with van der Waals surface area (Å²) in [5, 5.41) is 0.984. The standard InChI is InChI=1S/C36H39N2O3/c1-24-32(26-16-7-9-18-29(26)37(24)3)33-34(39)27(35(33)40)23-31-36(2,20-12-11-15-25-13-5-6-14-25)28-17-8-10-19-30(28)38(31)21-22-41-4/h5-10,13-14,16-19,23,25,33H,11-12,15,20-22H2,1-4H3/q+1. The number of hydrogen-bond donors (Lipinski definition) is 0. The number of fused-ring (bicyclic) bond motifs is 2. The van der Waals surface area contributed by atoms with Gasteiger partial charge < -0.3 is 9.30 Å². The number of ketones is 2. The van der Waals surface area contributed by atoms with Gasteiger partial charge in [-0.3, -0.25) is 9.59 Å². The van der Waals surface area contributed by atoms with Crippen molar-refractivity contribution < 1.29 is 18.9 Å². The van der Waals surface area contributed by atoms with E-state index >= 15 is 0 Å². The molecule has 2 aromatic carbocycles. The molecule has 1 aliphatic heterocycles. The molecule has 0 saturated heterocycles. The van der Waals surface area contributed by atoms with Crippen molar-refractivity contribution in [2.24, 2.45) is 13.0 Å². The first-order chi connectivity index (χ1) is 19.9. The van der Waals surface area contributed by atoms with E-state index in [0.29, 0.717) is 24.6 Å². The van der Waals surface area contributed by atoms with Crippen molar-refractivity contribution in [3.63, 3.8) is 0 Å². The molecule has 1 aromatic heterocycles. The summed E-state index contributed by atoms with van der Waals surface area (Å²) in [6.07, 6.45) is 15.0. The second kappa shape index (κ2) is 10.9. The molecule has 41 heavy (non-hydrogen) atoms. The van der Waals surface area contributed by atoms with Crippen LogP contribution in [0.5, 0.6) is 0 Å². The highest BCUT2D eigenvalue weighted by atomic mass is 16.5. The Bertz CT molecular complexity index is 1640. The third kappa shape index (κ3) is 4.47. The van der Waals surface area contributed by atoms with Gasteiger partial charge in [0, 0.05) is 48.5 Å². The number of Topliss-reactive ketones (excluding diaryl/α,β-unsaturated/α-hetero) is 2. The van der Waals surface area contributed by atoms with Crippen molar-refractivity contribution in [3.05, 3.63) is 101 Å². The lowest BCUT2D eigenvalue weighted by Crippen LogP contribution is -2.41. The van der Waals surface area contributed by atoms with Crippen LogP contribution in [0, 0.1) is 12.8 Å². The summed E-state index contributed by atoms with van der Waals surface area (Å²) in [4.78, 5) is 27.6. The molecule has 2 aliphatic carbocycles. The van der Waals surface area contributed by atoms with Crippen molar-refractivity contribution in [1.82, 2.24) is 4.57 Å². The fraction of sp³-hybridized carbons (Fsp3) is 0.361. The molecule has 0 spiro atoms. The predicted molar refractivity (Wildman–Crippen MR) is 164 cm³/mol.